The second-order valence-corrected chi connectivity index (χ2v) is 8.34. The summed E-state index contributed by atoms with van der Waals surface area (Å²) in [6.07, 6.45) is 7.71. The summed E-state index contributed by atoms with van der Waals surface area (Å²) < 4.78 is 0. The Morgan fingerprint density at radius 2 is 1.97 bits per heavy atom. The molecule has 0 radical (unpaired) electrons. The molecule has 0 bridgehead atoms. The van der Waals surface area contributed by atoms with Crippen LogP contribution in [0.1, 0.15) is 54.4 Å². The van der Waals surface area contributed by atoms with Crippen molar-refractivity contribution in [1.82, 2.24) is 15.4 Å². The largest absolute Gasteiger partial charge is 0.380 e. The number of carbonyl (C=O) groups excluding carboxylic acids is 2. The molecule has 8 heteroatoms. The first-order chi connectivity index (χ1) is 15.7. The van der Waals surface area contributed by atoms with Crippen LogP contribution in [-0.2, 0) is 16.2 Å². The molecule has 1 unspecified atom stereocenters. The van der Waals surface area contributed by atoms with Crippen LogP contribution in [0.4, 0.5) is 11.5 Å². The monoisotopic (exact) mass is 437 g/mol. The van der Waals surface area contributed by atoms with E-state index in [0.29, 0.717) is 17.9 Å². The van der Waals surface area contributed by atoms with Gasteiger partial charge in [-0.15, -0.1) is 0 Å². The van der Waals surface area contributed by atoms with E-state index in [4.69, 9.17) is 4.84 Å². The molecular weight excluding hydrogens is 406 g/mol. The van der Waals surface area contributed by atoms with Crippen molar-refractivity contribution in [3.63, 3.8) is 0 Å². The normalized spacial score (nSPS) is 18.5. The highest BCUT2D eigenvalue weighted by molar-refractivity contribution is 5.99. The SMILES string of the molecule is CON(C(=O)c1ccccc1NCc1ccnc(NC(=O)C2CCCN2)c1)C1CCCC1. The van der Waals surface area contributed by atoms with E-state index in [9.17, 15) is 9.59 Å². The number of hydroxylamine groups is 2. The first kappa shape index (κ1) is 22.2. The molecular formula is C24H31N5O3. The fraction of sp³-hybridized carbons (Fsp3) is 0.458. The zero-order valence-electron chi connectivity index (χ0n) is 18.5. The van der Waals surface area contributed by atoms with E-state index in [0.717, 1.165) is 56.3 Å². The molecule has 32 heavy (non-hydrogen) atoms. The number of rotatable bonds is 8. The molecule has 2 aromatic rings. The Bertz CT molecular complexity index is 939. The summed E-state index contributed by atoms with van der Waals surface area (Å²) >= 11 is 0. The Balaban J connectivity index is 1.42. The van der Waals surface area contributed by atoms with Crippen LogP contribution in [0.2, 0.25) is 0 Å². The van der Waals surface area contributed by atoms with Crippen LogP contribution in [0.3, 0.4) is 0 Å². The number of para-hydroxylation sites is 1. The van der Waals surface area contributed by atoms with Gasteiger partial charge in [-0.3, -0.25) is 14.4 Å². The number of hydrogen-bond acceptors (Lipinski definition) is 6. The highest BCUT2D eigenvalue weighted by atomic mass is 16.7. The number of benzene rings is 1. The fourth-order valence-electron chi connectivity index (χ4n) is 4.45. The summed E-state index contributed by atoms with van der Waals surface area (Å²) in [7, 11) is 1.56. The van der Waals surface area contributed by atoms with E-state index in [1.54, 1.807) is 13.3 Å². The van der Waals surface area contributed by atoms with Crippen molar-refractivity contribution in [3.05, 3.63) is 53.7 Å². The molecule has 1 aromatic carbocycles. The van der Waals surface area contributed by atoms with Crippen molar-refractivity contribution in [2.24, 2.45) is 0 Å². The van der Waals surface area contributed by atoms with Gasteiger partial charge in [0, 0.05) is 18.4 Å². The van der Waals surface area contributed by atoms with Crippen molar-refractivity contribution in [2.45, 2.75) is 57.2 Å². The summed E-state index contributed by atoms with van der Waals surface area (Å²) in [5, 5.41) is 11.0. The van der Waals surface area contributed by atoms with Crippen LogP contribution >= 0.6 is 0 Å². The number of carbonyl (C=O) groups is 2. The van der Waals surface area contributed by atoms with Crippen molar-refractivity contribution in [1.29, 1.82) is 0 Å². The third-order valence-electron chi connectivity index (χ3n) is 6.15. The van der Waals surface area contributed by atoms with Gasteiger partial charge in [-0.25, -0.2) is 10.0 Å². The lowest BCUT2D eigenvalue weighted by Crippen LogP contribution is -2.38. The molecule has 2 fully saturated rings. The zero-order chi connectivity index (χ0) is 22.3. The number of nitrogens with one attached hydrogen (secondary N) is 3. The van der Waals surface area contributed by atoms with Gasteiger partial charge in [0.2, 0.25) is 5.91 Å². The topological polar surface area (TPSA) is 95.6 Å². The molecule has 170 valence electrons. The Labute approximate surface area is 188 Å². The molecule has 3 N–H and O–H groups in total. The summed E-state index contributed by atoms with van der Waals surface area (Å²) in [5.41, 5.74) is 2.28. The summed E-state index contributed by atoms with van der Waals surface area (Å²) in [4.78, 5) is 35.3. The van der Waals surface area contributed by atoms with E-state index in [-0.39, 0.29) is 23.9 Å². The zero-order valence-corrected chi connectivity index (χ0v) is 18.5. The van der Waals surface area contributed by atoms with Gasteiger partial charge in [0.25, 0.3) is 5.91 Å². The molecule has 8 nitrogen and oxygen atoms in total. The van der Waals surface area contributed by atoms with E-state index in [1.165, 1.54) is 5.06 Å². The Hall–Kier alpha value is -2.97. The smallest absolute Gasteiger partial charge is 0.279 e. The fourth-order valence-corrected chi connectivity index (χ4v) is 4.45. The van der Waals surface area contributed by atoms with E-state index < -0.39 is 0 Å². The van der Waals surface area contributed by atoms with Gasteiger partial charge in [-0.1, -0.05) is 25.0 Å². The summed E-state index contributed by atoms with van der Waals surface area (Å²) in [6, 6.07) is 11.2. The first-order valence-electron chi connectivity index (χ1n) is 11.4. The van der Waals surface area contributed by atoms with E-state index in [2.05, 4.69) is 20.9 Å². The van der Waals surface area contributed by atoms with Gasteiger partial charge in [0.05, 0.1) is 24.8 Å². The molecule has 1 aromatic heterocycles. The highest BCUT2D eigenvalue weighted by Crippen LogP contribution is 2.27. The van der Waals surface area contributed by atoms with E-state index >= 15 is 0 Å². The molecule has 1 saturated carbocycles. The number of nitrogens with zero attached hydrogens (tertiary/aromatic N) is 2. The minimum atomic E-state index is -0.153. The molecule has 4 rings (SSSR count). The molecule has 2 heterocycles. The molecule has 1 aliphatic heterocycles. The minimum absolute atomic E-state index is 0.0531. The number of pyridine rings is 1. The van der Waals surface area contributed by atoms with Crippen molar-refractivity contribution >= 4 is 23.3 Å². The lowest BCUT2D eigenvalue weighted by atomic mass is 10.1. The number of amides is 2. The van der Waals surface area contributed by atoms with Crippen LogP contribution < -0.4 is 16.0 Å². The van der Waals surface area contributed by atoms with Gasteiger partial charge in [0.1, 0.15) is 5.82 Å². The lowest BCUT2D eigenvalue weighted by molar-refractivity contribution is -0.121. The van der Waals surface area contributed by atoms with Gasteiger partial charge >= 0.3 is 0 Å². The molecule has 1 atom stereocenters. The number of aromatic nitrogens is 1. The number of anilines is 2. The predicted octanol–water partition coefficient (Wildman–Crippen LogP) is 3.33. The molecule has 2 amide bonds. The predicted molar refractivity (Wildman–Crippen MR) is 123 cm³/mol. The highest BCUT2D eigenvalue weighted by Gasteiger charge is 2.29. The van der Waals surface area contributed by atoms with E-state index in [1.807, 2.05) is 36.4 Å². The van der Waals surface area contributed by atoms with Crippen molar-refractivity contribution in [3.8, 4) is 0 Å². The third-order valence-corrected chi connectivity index (χ3v) is 6.15. The lowest BCUT2D eigenvalue weighted by Gasteiger charge is -2.27. The average molecular weight is 438 g/mol. The van der Waals surface area contributed by atoms with Crippen LogP contribution in [0.25, 0.3) is 0 Å². The maximum absolute atomic E-state index is 13.2. The van der Waals surface area contributed by atoms with Crippen LogP contribution in [0.15, 0.2) is 42.6 Å². The van der Waals surface area contributed by atoms with Crippen LogP contribution in [-0.4, -0.2) is 47.6 Å². The summed E-state index contributed by atoms with van der Waals surface area (Å²) in [6.45, 7) is 1.36. The molecule has 0 spiro atoms. The Kier molecular flexibility index (Phi) is 7.34. The standard InChI is InChI=1S/C24H31N5O3/c1-32-29(18-7-2-3-8-18)24(31)19-9-4-5-10-20(19)27-16-17-12-14-26-22(15-17)28-23(30)21-11-6-13-25-21/h4-5,9-10,12,14-15,18,21,25,27H,2-3,6-8,11,13,16H2,1H3,(H,26,28,30). The number of hydrogen-bond donors (Lipinski definition) is 3. The Morgan fingerprint density at radius 3 is 2.72 bits per heavy atom. The van der Waals surface area contributed by atoms with Gasteiger partial charge in [-0.2, -0.15) is 0 Å². The Morgan fingerprint density at radius 1 is 1.16 bits per heavy atom. The van der Waals surface area contributed by atoms with Crippen molar-refractivity contribution in [2.75, 3.05) is 24.3 Å². The second-order valence-electron chi connectivity index (χ2n) is 8.34. The molecule has 1 saturated heterocycles. The third kappa shape index (κ3) is 5.26. The molecule has 2 aliphatic rings. The molecule has 1 aliphatic carbocycles. The first-order valence-corrected chi connectivity index (χ1v) is 11.4. The van der Waals surface area contributed by atoms with Crippen LogP contribution in [0.5, 0.6) is 0 Å². The second kappa shape index (κ2) is 10.6. The quantitative estimate of drug-likeness (QED) is 0.549. The van der Waals surface area contributed by atoms with Crippen LogP contribution in [0, 0.1) is 0 Å². The van der Waals surface area contributed by atoms with Gasteiger partial charge in [-0.05, 0) is 62.1 Å². The minimum Gasteiger partial charge on any atom is -0.380 e. The van der Waals surface area contributed by atoms with Crippen molar-refractivity contribution < 1.29 is 14.4 Å². The maximum Gasteiger partial charge on any atom is 0.279 e. The van der Waals surface area contributed by atoms with Gasteiger partial charge < -0.3 is 16.0 Å². The summed E-state index contributed by atoms with van der Waals surface area (Å²) in [5.74, 6) is 0.344. The van der Waals surface area contributed by atoms with Gasteiger partial charge in [0.15, 0.2) is 0 Å². The average Bonchev–Trinajstić information content (AvgIpc) is 3.53. The maximum atomic E-state index is 13.2.